The van der Waals surface area contributed by atoms with E-state index in [2.05, 4.69) is 0 Å². The van der Waals surface area contributed by atoms with E-state index in [1.165, 1.54) is 30.5 Å². The Kier molecular flexibility index (Phi) is 3.28. The van der Waals surface area contributed by atoms with E-state index >= 15 is 0 Å². The fourth-order valence-electron chi connectivity index (χ4n) is 2.87. The van der Waals surface area contributed by atoms with Crippen molar-refractivity contribution in [2.45, 2.75) is 39.0 Å². The van der Waals surface area contributed by atoms with Gasteiger partial charge in [0.15, 0.2) is 0 Å². The van der Waals surface area contributed by atoms with Crippen LogP contribution in [-0.2, 0) is 12.8 Å². The van der Waals surface area contributed by atoms with Gasteiger partial charge in [-0.15, -0.1) is 0 Å². The summed E-state index contributed by atoms with van der Waals surface area (Å²) in [6.45, 7) is 2.66. The van der Waals surface area contributed by atoms with E-state index in [0.717, 1.165) is 35.2 Å². The molecule has 2 aromatic rings. The van der Waals surface area contributed by atoms with Crippen LogP contribution in [0.15, 0.2) is 18.2 Å². The van der Waals surface area contributed by atoms with Crippen LogP contribution in [-0.4, -0.2) is 11.6 Å². The number of ether oxygens (including phenoxy) is 1. The smallest absolute Gasteiger partial charge is 0.120 e. The number of aryl methyl sites for hydroxylation is 1. The zero-order valence-corrected chi connectivity index (χ0v) is 11.4. The van der Waals surface area contributed by atoms with Crippen molar-refractivity contribution in [2.24, 2.45) is 0 Å². The topological polar surface area (TPSA) is 48.1 Å². The van der Waals surface area contributed by atoms with Gasteiger partial charge in [0, 0.05) is 16.8 Å². The summed E-state index contributed by atoms with van der Waals surface area (Å²) in [6.07, 6.45) is 5.83. The van der Waals surface area contributed by atoms with Gasteiger partial charge in [0.2, 0.25) is 0 Å². The number of nitrogens with zero attached hydrogens (tertiary/aromatic N) is 1. The highest BCUT2D eigenvalue weighted by atomic mass is 16.5. The minimum atomic E-state index is 0.670. The first-order valence-corrected chi connectivity index (χ1v) is 7.13. The van der Waals surface area contributed by atoms with Crippen LogP contribution in [0.1, 0.15) is 37.4 Å². The van der Waals surface area contributed by atoms with E-state index in [1.54, 1.807) is 0 Å². The van der Waals surface area contributed by atoms with Crippen LogP contribution in [0.4, 0.5) is 5.69 Å². The summed E-state index contributed by atoms with van der Waals surface area (Å²) >= 11 is 0. The van der Waals surface area contributed by atoms with Crippen molar-refractivity contribution in [1.82, 2.24) is 4.98 Å². The Balaban J connectivity index is 2.17. The van der Waals surface area contributed by atoms with Gasteiger partial charge in [-0.2, -0.15) is 0 Å². The van der Waals surface area contributed by atoms with Crippen molar-refractivity contribution in [3.63, 3.8) is 0 Å². The number of pyridine rings is 1. The lowest BCUT2D eigenvalue weighted by atomic mass is 10.0. The highest BCUT2D eigenvalue weighted by Crippen LogP contribution is 2.32. The first kappa shape index (κ1) is 12.3. The number of hydrogen-bond donors (Lipinski definition) is 1. The van der Waals surface area contributed by atoms with Crippen LogP contribution in [0.3, 0.4) is 0 Å². The molecule has 2 N–H and O–H groups in total. The number of nitrogen functional groups attached to an aromatic ring is 1. The van der Waals surface area contributed by atoms with Gasteiger partial charge in [-0.05, 0) is 56.4 Å². The second-order valence-corrected chi connectivity index (χ2v) is 5.12. The van der Waals surface area contributed by atoms with Crippen molar-refractivity contribution < 1.29 is 4.74 Å². The van der Waals surface area contributed by atoms with Crippen LogP contribution in [0.5, 0.6) is 5.75 Å². The summed E-state index contributed by atoms with van der Waals surface area (Å²) in [4.78, 5) is 4.80. The molecule has 100 valence electrons. The molecule has 0 atom stereocenters. The molecule has 0 aliphatic heterocycles. The van der Waals surface area contributed by atoms with Crippen LogP contribution in [0.25, 0.3) is 10.9 Å². The molecule has 0 amide bonds. The Morgan fingerprint density at radius 1 is 1.21 bits per heavy atom. The molecular weight excluding hydrogens is 236 g/mol. The molecule has 0 spiro atoms. The highest BCUT2D eigenvalue weighted by molar-refractivity contribution is 5.93. The lowest BCUT2D eigenvalue weighted by molar-refractivity contribution is 0.340. The zero-order valence-electron chi connectivity index (χ0n) is 11.4. The average molecular weight is 256 g/mol. The molecule has 1 aliphatic rings. The Hall–Kier alpha value is -1.77. The maximum atomic E-state index is 6.38. The molecule has 0 saturated heterocycles. The number of hydrogen-bond acceptors (Lipinski definition) is 3. The Bertz CT molecular complexity index is 607. The minimum absolute atomic E-state index is 0.670. The fraction of sp³-hybridized carbons (Fsp3) is 0.438. The summed E-state index contributed by atoms with van der Waals surface area (Å²) in [7, 11) is 0. The van der Waals surface area contributed by atoms with Gasteiger partial charge in [-0.3, -0.25) is 4.98 Å². The molecule has 0 bridgehead atoms. The second-order valence-electron chi connectivity index (χ2n) is 5.12. The third-order valence-electron chi connectivity index (χ3n) is 3.84. The highest BCUT2D eigenvalue weighted by Gasteiger charge is 2.15. The molecule has 19 heavy (non-hydrogen) atoms. The number of aromatic nitrogens is 1. The predicted octanol–water partition coefficient (Wildman–Crippen LogP) is 3.48. The number of nitrogens with two attached hydrogens (primary N) is 1. The number of anilines is 1. The largest absolute Gasteiger partial charge is 0.494 e. The van der Waals surface area contributed by atoms with Gasteiger partial charge in [0.1, 0.15) is 5.75 Å². The van der Waals surface area contributed by atoms with Crippen molar-refractivity contribution in [2.75, 3.05) is 12.3 Å². The zero-order chi connectivity index (χ0) is 13.2. The van der Waals surface area contributed by atoms with Gasteiger partial charge >= 0.3 is 0 Å². The van der Waals surface area contributed by atoms with Gasteiger partial charge in [0.25, 0.3) is 0 Å². The van der Waals surface area contributed by atoms with Crippen molar-refractivity contribution >= 4 is 16.6 Å². The van der Waals surface area contributed by atoms with Gasteiger partial charge < -0.3 is 10.5 Å². The Morgan fingerprint density at radius 3 is 2.89 bits per heavy atom. The summed E-state index contributed by atoms with van der Waals surface area (Å²) in [5.41, 5.74) is 10.7. The van der Waals surface area contributed by atoms with Crippen LogP contribution in [0, 0.1) is 0 Å². The first-order valence-electron chi connectivity index (χ1n) is 7.13. The average Bonchev–Trinajstić information content (AvgIpc) is 2.65. The van der Waals surface area contributed by atoms with Crippen LogP contribution < -0.4 is 10.5 Å². The molecule has 1 aromatic carbocycles. The normalized spacial score (nSPS) is 15.0. The van der Waals surface area contributed by atoms with Crippen LogP contribution in [0.2, 0.25) is 0 Å². The van der Waals surface area contributed by atoms with Crippen molar-refractivity contribution in [1.29, 1.82) is 0 Å². The summed E-state index contributed by atoms with van der Waals surface area (Å²) < 4.78 is 5.55. The quantitative estimate of drug-likeness (QED) is 0.837. The van der Waals surface area contributed by atoms with Crippen LogP contribution >= 0.6 is 0 Å². The molecule has 3 heteroatoms. The van der Waals surface area contributed by atoms with Crippen molar-refractivity contribution in [3.05, 3.63) is 29.5 Å². The summed E-state index contributed by atoms with van der Waals surface area (Å²) in [6, 6.07) is 6.01. The number of benzene rings is 1. The SMILES string of the molecule is CCOc1ccc2nc3c(c(N)c2c1)CCCCC3. The fourth-order valence-corrected chi connectivity index (χ4v) is 2.87. The molecule has 3 rings (SSSR count). The molecule has 1 heterocycles. The maximum absolute atomic E-state index is 6.38. The monoisotopic (exact) mass is 256 g/mol. The van der Waals surface area contributed by atoms with E-state index in [9.17, 15) is 0 Å². The molecule has 0 fully saturated rings. The molecule has 0 saturated carbocycles. The lowest BCUT2D eigenvalue weighted by Crippen LogP contribution is -2.03. The molecule has 0 radical (unpaired) electrons. The molecule has 1 aliphatic carbocycles. The second kappa shape index (κ2) is 5.08. The third-order valence-corrected chi connectivity index (χ3v) is 3.84. The first-order chi connectivity index (χ1) is 9.29. The minimum Gasteiger partial charge on any atom is -0.494 e. The molecule has 1 aromatic heterocycles. The number of rotatable bonds is 2. The summed E-state index contributed by atoms with van der Waals surface area (Å²) in [5, 5.41) is 1.03. The maximum Gasteiger partial charge on any atom is 0.120 e. The Labute approximate surface area is 113 Å². The van der Waals surface area contributed by atoms with E-state index in [1.807, 2.05) is 25.1 Å². The molecule has 3 nitrogen and oxygen atoms in total. The van der Waals surface area contributed by atoms with Gasteiger partial charge in [0.05, 0.1) is 12.1 Å². The molecular formula is C16H20N2O. The van der Waals surface area contributed by atoms with E-state index in [-0.39, 0.29) is 0 Å². The van der Waals surface area contributed by atoms with E-state index < -0.39 is 0 Å². The van der Waals surface area contributed by atoms with E-state index in [0.29, 0.717) is 6.61 Å². The summed E-state index contributed by atoms with van der Waals surface area (Å²) in [5.74, 6) is 0.872. The van der Waals surface area contributed by atoms with Gasteiger partial charge in [-0.25, -0.2) is 0 Å². The standard InChI is InChI=1S/C16H20N2O/c1-2-19-11-8-9-15-13(10-11)16(17)12-6-4-3-5-7-14(12)18-15/h8-10H,2-7H2,1H3,(H2,17,18). The predicted molar refractivity (Wildman–Crippen MR) is 78.6 cm³/mol. The number of fused-ring (bicyclic) bond motifs is 2. The Morgan fingerprint density at radius 2 is 2.05 bits per heavy atom. The van der Waals surface area contributed by atoms with Crippen molar-refractivity contribution in [3.8, 4) is 5.75 Å². The van der Waals surface area contributed by atoms with Gasteiger partial charge in [-0.1, -0.05) is 6.42 Å². The third kappa shape index (κ3) is 2.25. The lowest BCUT2D eigenvalue weighted by Gasteiger charge is -2.13. The van der Waals surface area contributed by atoms with E-state index in [4.69, 9.17) is 15.5 Å². The molecule has 0 unspecified atom stereocenters.